The minimum absolute atomic E-state index is 0.0652. The molecule has 1 aliphatic heterocycles. The second-order valence-corrected chi connectivity index (χ2v) is 6.18. The van der Waals surface area contributed by atoms with Crippen LogP contribution in [-0.4, -0.2) is 29.9 Å². The normalized spacial score (nSPS) is 17.9. The molecule has 1 heterocycles. The van der Waals surface area contributed by atoms with Crippen LogP contribution in [0.3, 0.4) is 0 Å². The summed E-state index contributed by atoms with van der Waals surface area (Å²) in [5.74, 6) is 0.0946. The summed E-state index contributed by atoms with van der Waals surface area (Å²) in [4.78, 5) is 14.8. The number of hydrogen-bond acceptors (Lipinski definition) is 2. The number of anilines is 1. The van der Waals surface area contributed by atoms with Gasteiger partial charge in [-0.1, -0.05) is 43.2 Å². The maximum absolute atomic E-state index is 12.5. The van der Waals surface area contributed by atoms with E-state index >= 15 is 0 Å². The van der Waals surface area contributed by atoms with Gasteiger partial charge in [0.1, 0.15) is 0 Å². The zero-order valence-corrected chi connectivity index (χ0v) is 13.2. The molecular weight excluding hydrogens is 272 g/mol. The van der Waals surface area contributed by atoms with Gasteiger partial charge in [0.25, 0.3) is 0 Å². The van der Waals surface area contributed by atoms with Crippen molar-refractivity contribution in [3.05, 3.63) is 42.5 Å². The van der Waals surface area contributed by atoms with E-state index in [9.17, 15) is 4.79 Å². The zero-order chi connectivity index (χ0) is 15.4. The predicted molar refractivity (Wildman–Crippen MR) is 92.1 cm³/mol. The van der Waals surface area contributed by atoms with Crippen molar-refractivity contribution in [3.8, 4) is 0 Å². The molecule has 0 radical (unpaired) electrons. The van der Waals surface area contributed by atoms with Gasteiger partial charge in [0.2, 0.25) is 5.91 Å². The third kappa shape index (κ3) is 3.47. The molecule has 1 N–H and O–H groups in total. The van der Waals surface area contributed by atoms with E-state index < -0.39 is 0 Å². The van der Waals surface area contributed by atoms with Crippen molar-refractivity contribution in [1.29, 1.82) is 0 Å². The van der Waals surface area contributed by atoms with Gasteiger partial charge in [-0.2, -0.15) is 0 Å². The quantitative estimate of drug-likeness (QED) is 0.927. The molecule has 0 unspecified atom stereocenters. The molecule has 0 saturated carbocycles. The maximum atomic E-state index is 12.5. The SMILES string of the molecule is C[C@@H](C(=O)Nc1ccc2ccccc2c1)N1CCCCCC1. The molecule has 2 aromatic carbocycles. The Bertz CT molecular complexity index is 645. The summed E-state index contributed by atoms with van der Waals surface area (Å²) in [6.07, 6.45) is 4.98. The van der Waals surface area contributed by atoms with E-state index in [1.165, 1.54) is 31.1 Å². The van der Waals surface area contributed by atoms with E-state index in [2.05, 4.69) is 28.4 Å². The Labute approximate surface area is 132 Å². The van der Waals surface area contributed by atoms with E-state index in [1.54, 1.807) is 0 Å². The van der Waals surface area contributed by atoms with Crippen LogP contribution in [0.15, 0.2) is 42.5 Å². The fourth-order valence-corrected chi connectivity index (χ4v) is 3.16. The Kier molecular flexibility index (Phi) is 4.74. The standard InChI is InChI=1S/C19H24N2O/c1-15(21-12-6-2-3-7-13-21)19(22)20-18-11-10-16-8-4-5-9-17(16)14-18/h4-5,8-11,14-15H,2-3,6-7,12-13H2,1H3,(H,20,22)/t15-/m0/s1. The molecule has 1 saturated heterocycles. The van der Waals surface area contributed by atoms with Gasteiger partial charge in [0.05, 0.1) is 6.04 Å². The lowest BCUT2D eigenvalue weighted by Crippen LogP contribution is -2.42. The number of nitrogens with zero attached hydrogens (tertiary/aromatic N) is 1. The number of rotatable bonds is 3. The number of benzene rings is 2. The van der Waals surface area contributed by atoms with Crippen LogP contribution in [0.2, 0.25) is 0 Å². The van der Waals surface area contributed by atoms with Crippen molar-refractivity contribution in [2.75, 3.05) is 18.4 Å². The van der Waals surface area contributed by atoms with Gasteiger partial charge in [0, 0.05) is 5.69 Å². The van der Waals surface area contributed by atoms with Crippen LogP contribution in [0.4, 0.5) is 5.69 Å². The van der Waals surface area contributed by atoms with Gasteiger partial charge >= 0.3 is 0 Å². The molecule has 1 aliphatic rings. The van der Waals surface area contributed by atoms with Crippen LogP contribution in [0.25, 0.3) is 10.8 Å². The summed E-state index contributed by atoms with van der Waals surface area (Å²) in [5, 5.41) is 5.42. The molecule has 0 bridgehead atoms. The molecule has 3 heteroatoms. The Balaban J connectivity index is 1.68. The summed E-state index contributed by atoms with van der Waals surface area (Å²) < 4.78 is 0. The number of carbonyl (C=O) groups excluding carboxylic acids is 1. The van der Waals surface area contributed by atoms with Crippen LogP contribution < -0.4 is 5.32 Å². The fraction of sp³-hybridized carbons (Fsp3) is 0.421. The van der Waals surface area contributed by atoms with Crippen molar-refractivity contribution < 1.29 is 4.79 Å². The molecular formula is C19H24N2O. The van der Waals surface area contributed by atoms with Gasteiger partial charge in [-0.15, -0.1) is 0 Å². The Hall–Kier alpha value is -1.87. The van der Waals surface area contributed by atoms with Gasteiger partial charge in [-0.3, -0.25) is 9.69 Å². The average Bonchev–Trinajstić information content (AvgIpc) is 2.83. The number of nitrogens with one attached hydrogen (secondary N) is 1. The third-order valence-electron chi connectivity index (χ3n) is 4.58. The molecule has 0 aromatic heterocycles. The highest BCUT2D eigenvalue weighted by Crippen LogP contribution is 2.20. The minimum atomic E-state index is -0.0652. The first-order valence-electron chi connectivity index (χ1n) is 8.28. The van der Waals surface area contributed by atoms with Gasteiger partial charge < -0.3 is 5.32 Å². The topological polar surface area (TPSA) is 32.3 Å². The van der Waals surface area contributed by atoms with Crippen molar-refractivity contribution in [2.24, 2.45) is 0 Å². The largest absolute Gasteiger partial charge is 0.325 e. The van der Waals surface area contributed by atoms with Crippen molar-refractivity contribution in [2.45, 2.75) is 38.6 Å². The molecule has 22 heavy (non-hydrogen) atoms. The molecule has 1 amide bonds. The highest BCUT2D eigenvalue weighted by atomic mass is 16.2. The minimum Gasteiger partial charge on any atom is -0.325 e. The smallest absolute Gasteiger partial charge is 0.241 e. The van der Waals surface area contributed by atoms with Crippen LogP contribution in [0, 0.1) is 0 Å². The predicted octanol–water partition coefficient (Wildman–Crippen LogP) is 4.04. The van der Waals surface area contributed by atoms with Gasteiger partial charge in [-0.25, -0.2) is 0 Å². The third-order valence-corrected chi connectivity index (χ3v) is 4.58. The van der Waals surface area contributed by atoms with E-state index in [0.29, 0.717) is 0 Å². The fourth-order valence-electron chi connectivity index (χ4n) is 3.16. The lowest BCUT2D eigenvalue weighted by molar-refractivity contribution is -0.120. The number of fused-ring (bicyclic) bond motifs is 1. The molecule has 1 fully saturated rings. The zero-order valence-electron chi connectivity index (χ0n) is 13.2. The van der Waals surface area contributed by atoms with Gasteiger partial charge in [-0.05, 0) is 55.8 Å². The summed E-state index contributed by atoms with van der Waals surface area (Å²) >= 11 is 0. The maximum Gasteiger partial charge on any atom is 0.241 e. The summed E-state index contributed by atoms with van der Waals surface area (Å²) in [7, 11) is 0. The molecule has 0 aliphatic carbocycles. The Morgan fingerprint density at radius 1 is 1.00 bits per heavy atom. The van der Waals surface area contributed by atoms with Crippen LogP contribution in [0.5, 0.6) is 0 Å². The first-order chi connectivity index (χ1) is 10.7. The summed E-state index contributed by atoms with van der Waals surface area (Å²) in [6, 6.07) is 14.2. The van der Waals surface area contributed by atoms with Crippen LogP contribution in [-0.2, 0) is 4.79 Å². The number of amides is 1. The molecule has 1 atom stereocenters. The lowest BCUT2D eigenvalue weighted by Gasteiger charge is -2.26. The molecule has 116 valence electrons. The number of hydrogen-bond donors (Lipinski definition) is 1. The lowest BCUT2D eigenvalue weighted by atomic mass is 10.1. The molecule has 3 nitrogen and oxygen atoms in total. The first kappa shape index (κ1) is 15.0. The van der Waals surface area contributed by atoms with Crippen LogP contribution in [0.1, 0.15) is 32.6 Å². The summed E-state index contributed by atoms with van der Waals surface area (Å²) in [6.45, 7) is 4.08. The number of carbonyl (C=O) groups is 1. The van der Waals surface area contributed by atoms with Crippen LogP contribution >= 0.6 is 0 Å². The first-order valence-corrected chi connectivity index (χ1v) is 8.28. The monoisotopic (exact) mass is 296 g/mol. The second-order valence-electron chi connectivity index (χ2n) is 6.18. The van der Waals surface area contributed by atoms with E-state index in [0.717, 1.165) is 24.2 Å². The average molecular weight is 296 g/mol. The summed E-state index contributed by atoms with van der Waals surface area (Å²) in [5.41, 5.74) is 0.880. The Morgan fingerprint density at radius 3 is 2.41 bits per heavy atom. The van der Waals surface area contributed by atoms with Gasteiger partial charge in [0.15, 0.2) is 0 Å². The van der Waals surface area contributed by atoms with Crippen molar-refractivity contribution >= 4 is 22.4 Å². The number of likely N-dealkylation sites (tertiary alicyclic amines) is 1. The van der Waals surface area contributed by atoms with Crippen molar-refractivity contribution in [3.63, 3.8) is 0 Å². The highest BCUT2D eigenvalue weighted by Gasteiger charge is 2.22. The Morgan fingerprint density at radius 2 is 1.68 bits per heavy atom. The van der Waals surface area contributed by atoms with E-state index in [4.69, 9.17) is 0 Å². The molecule has 2 aromatic rings. The van der Waals surface area contributed by atoms with E-state index in [1.807, 2.05) is 31.2 Å². The van der Waals surface area contributed by atoms with Crippen molar-refractivity contribution in [1.82, 2.24) is 4.90 Å². The molecule has 3 rings (SSSR count). The molecule has 0 spiro atoms. The van der Waals surface area contributed by atoms with E-state index in [-0.39, 0.29) is 11.9 Å². The highest BCUT2D eigenvalue weighted by molar-refractivity contribution is 5.97. The second kappa shape index (κ2) is 6.93.